The standard InChI is InChI=1S/C24H43NO20/c25-9-19(44-23-16(36)13(33)10(30)5(1-26)41-23)11(31)6(2-27)40-22(9)45-20-12(32)7(3-28)42-24(17(20)37)43-18-8(4-29)39-21(38)15(35)14(18)34/h5-24,26-38H,1-4,25H2/t5?,6?,7?,8?,9-,10-,11+,12-,13?,14?,15-,16-,17-,18+,19?,20?,21+,22-,23-,24-/m0/s1. The predicted molar refractivity (Wildman–Crippen MR) is 136 cm³/mol. The van der Waals surface area contributed by atoms with E-state index in [9.17, 15) is 66.4 Å². The molecule has 0 bridgehead atoms. The van der Waals surface area contributed by atoms with Gasteiger partial charge in [0, 0.05) is 0 Å². The van der Waals surface area contributed by atoms with Gasteiger partial charge in [-0.25, -0.2) is 0 Å². The first-order valence-electron chi connectivity index (χ1n) is 14.2. The third-order valence-corrected chi connectivity index (χ3v) is 8.28. The maximum atomic E-state index is 11.1. The highest BCUT2D eigenvalue weighted by molar-refractivity contribution is 4.98. The van der Waals surface area contributed by atoms with Crippen LogP contribution in [-0.2, 0) is 33.2 Å². The highest BCUT2D eigenvalue weighted by Crippen LogP contribution is 2.33. The van der Waals surface area contributed by atoms with Crippen LogP contribution in [0, 0.1) is 0 Å². The molecule has 4 saturated heterocycles. The van der Waals surface area contributed by atoms with E-state index >= 15 is 0 Å². The molecule has 0 aromatic rings. The molecule has 4 aliphatic heterocycles. The van der Waals surface area contributed by atoms with Crippen LogP contribution in [0.3, 0.4) is 0 Å². The summed E-state index contributed by atoms with van der Waals surface area (Å²) in [6.07, 6.45) is -32.7. The van der Waals surface area contributed by atoms with Gasteiger partial charge in [-0.1, -0.05) is 0 Å². The fraction of sp³-hybridized carbons (Fsp3) is 1.00. The Bertz CT molecular complexity index is 920. The number of hydrogen-bond acceptors (Lipinski definition) is 21. The fourth-order valence-electron chi connectivity index (χ4n) is 5.59. The van der Waals surface area contributed by atoms with Gasteiger partial charge in [0.2, 0.25) is 0 Å². The summed E-state index contributed by atoms with van der Waals surface area (Å²) >= 11 is 0. The van der Waals surface area contributed by atoms with Crippen LogP contribution in [0.4, 0.5) is 0 Å². The van der Waals surface area contributed by atoms with Crippen LogP contribution in [-0.4, -0.2) is 216 Å². The molecular weight excluding hydrogens is 622 g/mol. The summed E-state index contributed by atoms with van der Waals surface area (Å²) in [4.78, 5) is 0. The molecule has 4 heterocycles. The van der Waals surface area contributed by atoms with E-state index in [0.29, 0.717) is 0 Å². The van der Waals surface area contributed by atoms with Gasteiger partial charge in [-0.15, -0.1) is 0 Å². The molecule has 15 N–H and O–H groups in total. The summed E-state index contributed by atoms with van der Waals surface area (Å²) in [7, 11) is 0. The molecule has 20 atom stereocenters. The molecule has 0 aromatic heterocycles. The van der Waals surface area contributed by atoms with Crippen molar-refractivity contribution in [1.29, 1.82) is 0 Å². The van der Waals surface area contributed by atoms with Crippen LogP contribution >= 0.6 is 0 Å². The number of aliphatic hydroxyl groups is 13. The van der Waals surface area contributed by atoms with E-state index in [4.69, 9.17) is 38.9 Å². The first kappa shape index (κ1) is 37.0. The Hall–Kier alpha value is -0.840. The Labute approximate surface area is 255 Å². The van der Waals surface area contributed by atoms with Crippen molar-refractivity contribution >= 4 is 0 Å². The van der Waals surface area contributed by atoms with Gasteiger partial charge in [0.25, 0.3) is 0 Å². The van der Waals surface area contributed by atoms with Crippen molar-refractivity contribution in [2.24, 2.45) is 5.73 Å². The van der Waals surface area contributed by atoms with Crippen molar-refractivity contribution in [3.8, 4) is 0 Å². The largest absolute Gasteiger partial charge is 0.394 e. The SMILES string of the molecule is N[C@H]1C(O[C@@H]2OC(CO)[C@H](O)C(O)[C@@H]2O)[C@H](O)C(CO)O[C@H]1OC1[C@@H](O)C(CO)O[C@@H](O[C@@H]2C(CO)O[C@@H](O)[C@@H](O)C2O)[C@H]1O. The number of rotatable bonds is 10. The van der Waals surface area contributed by atoms with Crippen molar-refractivity contribution in [3.63, 3.8) is 0 Å². The number of aliphatic hydroxyl groups excluding tert-OH is 13. The van der Waals surface area contributed by atoms with E-state index in [0.717, 1.165) is 0 Å². The van der Waals surface area contributed by atoms with Crippen LogP contribution in [0.25, 0.3) is 0 Å². The summed E-state index contributed by atoms with van der Waals surface area (Å²) in [6, 6.07) is -1.55. The average molecular weight is 666 g/mol. The van der Waals surface area contributed by atoms with Crippen molar-refractivity contribution in [2.75, 3.05) is 26.4 Å². The molecule has 4 fully saturated rings. The molecule has 0 spiro atoms. The molecule has 4 aliphatic rings. The topological polar surface area (TPSA) is 354 Å². The van der Waals surface area contributed by atoms with Gasteiger partial charge in [-0.3, -0.25) is 0 Å². The Morgan fingerprint density at radius 3 is 1.40 bits per heavy atom. The quantitative estimate of drug-likeness (QED) is 0.103. The summed E-state index contributed by atoms with van der Waals surface area (Å²) in [5, 5.41) is 132. The van der Waals surface area contributed by atoms with Gasteiger partial charge in [-0.05, 0) is 0 Å². The van der Waals surface area contributed by atoms with Crippen LogP contribution < -0.4 is 5.73 Å². The van der Waals surface area contributed by atoms with E-state index in [-0.39, 0.29) is 0 Å². The number of ether oxygens (including phenoxy) is 7. The fourth-order valence-corrected chi connectivity index (χ4v) is 5.59. The van der Waals surface area contributed by atoms with Crippen molar-refractivity contribution in [1.82, 2.24) is 0 Å². The molecular formula is C24H43NO20. The molecule has 21 nitrogen and oxygen atoms in total. The van der Waals surface area contributed by atoms with Gasteiger partial charge < -0.3 is 105 Å². The minimum Gasteiger partial charge on any atom is -0.394 e. The van der Waals surface area contributed by atoms with Gasteiger partial charge in [0.15, 0.2) is 25.2 Å². The Morgan fingerprint density at radius 2 is 0.844 bits per heavy atom. The second kappa shape index (κ2) is 15.6. The molecule has 0 aromatic carbocycles. The van der Waals surface area contributed by atoms with E-state index in [2.05, 4.69) is 0 Å². The summed E-state index contributed by atoms with van der Waals surface area (Å²) in [5.41, 5.74) is 6.25. The lowest BCUT2D eigenvalue weighted by atomic mass is 9.95. The van der Waals surface area contributed by atoms with Crippen LogP contribution in [0.2, 0.25) is 0 Å². The second-order valence-corrected chi connectivity index (χ2v) is 11.2. The van der Waals surface area contributed by atoms with Gasteiger partial charge >= 0.3 is 0 Å². The van der Waals surface area contributed by atoms with Crippen molar-refractivity contribution in [3.05, 3.63) is 0 Å². The molecule has 8 unspecified atom stereocenters. The Morgan fingerprint density at radius 1 is 0.400 bits per heavy atom. The highest BCUT2D eigenvalue weighted by Gasteiger charge is 2.55. The monoisotopic (exact) mass is 665 g/mol. The molecule has 21 heteroatoms. The maximum absolute atomic E-state index is 11.1. The molecule has 0 saturated carbocycles. The normalized spacial score (nSPS) is 52.9. The molecule has 0 radical (unpaired) electrons. The maximum Gasteiger partial charge on any atom is 0.187 e. The summed E-state index contributed by atoms with van der Waals surface area (Å²) < 4.78 is 38.2. The van der Waals surface area contributed by atoms with E-state index in [1.807, 2.05) is 0 Å². The van der Waals surface area contributed by atoms with Crippen molar-refractivity contribution < 1.29 is 99.5 Å². The predicted octanol–water partition coefficient (Wildman–Crippen LogP) is -9.78. The number of nitrogens with two attached hydrogens (primary N) is 1. The molecule has 0 amide bonds. The van der Waals surface area contributed by atoms with Crippen LogP contribution in [0.5, 0.6) is 0 Å². The number of hydrogen-bond donors (Lipinski definition) is 14. The first-order valence-corrected chi connectivity index (χ1v) is 14.2. The van der Waals surface area contributed by atoms with Gasteiger partial charge in [0.1, 0.15) is 91.6 Å². The second-order valence-electron chi connectivity index (χ2n) is 11.2. The Balaban J connectivity index is 1.53. The Kier molecular flexibility index (Phi) is 12.8. The minimum absolute atomic E-state index is 0.782. The zero-order valence-corrected chi connectivity index (χ0v) is 23.6. The first-order chi connectivity index (χ1) is 21.3. The van der Waals surface area contributed by atoms with E-state index in [1.54, 1.807) is 0 Å². The smallest absolute Gasteiger partial charge is 0.187 e. The third kappa shape index (κ3) is 7.44. The van der Waals surface area contributed by atoms with Crippen LogP contribution in [0.1, 0.15) is 0 Å². The summed E-state index contributed by atoms with van der Waals surface area (Å²) in [6.45, 7) is -3.30. The lowest BCUT2D eigenvalue weighted by molar-refractivity contribution is -0.378. The van der Waals surface area contributed by atoms with Crippen molar-refractivity contribution in [2.45, 2.75) is 123 Å². The average Bonchev–Trinajstić information content (AvgIpc) is 3.03. The minimum atomic E-state index is -1.97. The van der Waals surface area contributed by atoms with E-state index in [1.165, 1.54) is 0 Å². The summed E-state index contributed by atoms with van der Waals surface area (Å²) in [5.74, 6) is 0. The lowest BCUT2D eigenvalue weighted by Gasteiger charge is -2.49. The molecule has 4 rings (SSSR count). The van der Waals surface area contributed by atoms with Gasteiger partial charge in [0.05, 0.1) is 32.5 Å². The van der Waals surface area contributed by atoms with Crippen LogP contribution in [0.15, 0.2) is 0 Å². The zero-order valence-electron chi connectivity index (χ0n) is 23.6. The molecule has 264 valence electrons. The molecule has 45 heavy (non-hydrogen) atoms. The highest BCUT2D eigenvalue weighted by atomic mass is 16.8. The third-order valence-electron chi connectivity index (χ3n) is 8.28. The van der Waals surface area contributed by atoms with Gasteiger partial charge in [-0.2, -0.15) is 0 Å². The zero-order chi connectivity index (χ0) is 33.3. The lowest BCUT2D eigenvalue weighted by Crippen LogP contribution is -2.69. The molecule has 0 aliphatic carbocycles. The van der Waals surface area contributed by atoms with E-state index < -0.39 is 149 Å².